The molecule has 0 fully saturated rings. The molecular formula is C13H8ClN3O2. The Morgan fingerprint density at radius 3 is 3.11 bits per heavy atom. The number of hydroxylamine groups is 1. The molecule has 0 aliphatic carbocycles. The first kappa shape index (κ1) is 10.8. The van der Waals surface area contributed by atoms with E-state index in [4.69, 9.17) is 16.4 Å². The molecule has 6 heteroatoms. The number of fused-ring (bicyclic) bond motifs is 5. The summed E-state index contributed by atoms with van der Waals surface area (Å²) in [5.74, 6) is -0.230. The third-order valence-electron chi connectivity index (χ3n) is 3.33. The summed E-state index contributed by atoms with van der Waals surface area (Å²) in [6.45, 7) is 0.329. The number of carbonyl (C=O) groups is 1. The molecule has 1 aromatic carbocycles. The highest BCUT2D eigenvalue weighted by Gasteiger charge is 2.23. The third-order valence-corrected chi connectivity index (χ3v) is 3.53. The summed E-state index contributed by atoms with van der Waals surface area (Å²) in [5, 5.41) is 3.20. The minimum atomic E-state index is -0.230. The average molecular weight is 274 g/mol. The first-order valence-corrected chi connectivity index (χ1v) is 6.13. The first-order chi connectivity index (χ1) is 9.24. The van der Waals surface area contributed by atoms with E-state index in [1.54, 1.807) is 12.3 Å². The number of pyridine rings is 1. The van der Waals surface area contributed by atoms with E-state index in [1.165, 1.54) is 0 Å². The molecule has 2 N–H and O–H groups in total. The van der Waals surface area contributed by atoms with Crippen molar-refractivity contribution >= 4 is 39.2 Å². The lowest BCUT2D eigenvalue weighted by Crippen LogP contribution is -2.29. The van der Waals surface area contributed by atoms with E-state index >= 15 is 0 Å². The maximum Gasteiger partial charge on any atom is 0.277 e. The number of rotatable bonds is 0. The predicted molar refractivity (Wildman–Crippen MR) is 70.9 cm³/mol. The van der Waals surface area contributed by atoms with E-state index in [2.05, 4.69) is 15.4 Å². The summed E-state index contributed by atoms with van der Waals surface area (Å²) < 4.78 is 0. The van der Waals surface area contributed by atoms with E-state index < -0.39 is 0 Å². The van der Waals surface area contributed by atoms with Crippen LogP contribution in [0.4, 0.5) is 0 Å². The van der Waals surface area contributed by atoms with Gasteiger partial charge >= 0.3 is 0 Å². The smallest absolute Gasteiger partial charge is 0.277 e. The van der Waals surface area contributed by atoms with Crippen LogP contribution < -0.4 is 5.48 Å². The van der Waals surface area contributed by atoms with Gasteiger partial charge in [0.1, 0.15) is 11.8 Å². The fourth-order valence-corrected chi connectivity index (χ4v) is 2.66. The number of nitrogens with zero attached hydrogens (tertiary/aromatic N) is 1. The van der Waals surface area contributed by atoms with Gasteiger partial charge in [-0.1, -0.05) is 23.7 Å². The van der Waals surface area contributed by atoms with Crippen molar-refractivity contribution in [1.82, 2.24) is 15.4 Å². The van der Waals surface area contributed by atoms with E-state index in [0.29, 0.717) is 17.3 Å². The van der Waals surface area contributed by atoms with Gasteiger partial charge < -0.3 is 4.98 Å². The number of hydrogen-bond donors (Lipinski definition) is 2. The Hall–Kier alpha value is -2.11. The van der Waals surface area contributed by atoms with Crippen molar-refractivity contribution in [2.24, 2.45) is 0 Å². The number of aromatic nitrogens is 2. The molecule has 0 atom stereocenters. The number of H-pyrrole nitrogens is 1. The molecule has 0 saturated heterocycles. The molecule has 4 rings (SSSR count). The summed E-state index contributed by atoms with van der Waals surface area (Å²) in [4.78, 5) is 24.2. The second-order valence-electron chi connectivity index (χ2n) is 4.41. The zero-order valence-electron chi connectivity index (χ0n) is 9.66. The van der Waals surface area contributed by atoms with E-state index in [1.807, 2.05) is 12.1 Å². The SMILES string of the molecule is O=C1NOCc2[nH]c3c(ccc4cnc(Cl)cc43)c21. The van der Waals surface area contributed by atoms with Gasteiger partial charge in [-0.2, -0.15) is 0 Å². The maximum atomic E-state index is 11.9. The van der Waals surface area contributed by atoms with Crippen molar-refractivity contribution in [2.45, 2.75) is 6.61 Å². The van der Waals surface area contributed by atoms with Crippen LogP contribution in [0, 0.1) is 0 Å². The summed E-state index contributed by atoms with van der Waals surface area (Å²) in [5.41, 5.74) is 4.67. The molecule has 0 saturated carbocycles. The standard InChI is InChI=1S/C13H8ClN3O2/c14-10-3-8-6(4-15-10)1-2-7-11-9(16-12(7)8)5-19-17-13(11)18/h1-4,16H,5H2,(H,17,18). The Morgan fingerprint density at radius 2 is 2.21 bits per heavy atom. The highest BCUT2D eigenvalue weighted by molar-refractivity contribution is 6.30. The maximum absolute atomic E-state index is 11.9. The number of carbonyl (C=O) groups excluding carboxylic acids is 1. The van der Waals surface area contributed by atoms with Crippen LogP contribution in [-0.2, 0) is 11.4 Å². The summed E-state index contributed by atoms with van der Waals surface area (Å²) in [6, 6.07) is 5.63. The van der Waals surface area contributed by atoms with Crippen molar-refractivity contribution in [2.75, 3.05) is 0 Å². The predicted octanol–water partition coefficient (Wildman–Crippen LogP) is 2.54. The summed E-state index contributed by atoms with van der Waals surface area (Å²) >= 11 is 5.95. The molecule has 3 heterocycles. The number of nitrogens with one attached hydrogen (secondary N) is 2. The molecule has 1 aliphatic rings. The van der Waals surface area contributed by atoms with Crippen molar-refractivity contribution in [1.29, 1.82) is 0 Å². The van der Waals surface area contributed by atoms with Gasteiger partial charge in [-0.25, -0.2) is 10.5 Å². The largest absolute Gasteiger partial charge is 0.355 e. The lowest BCUT2D eigenvalue weighted by molar-refractivity contribution is 0.0145. The zero-order chi connectivity index (χ0) is 13.0. The fourth-order valence-electron chi connectivity index (χ4n) is 2.50. The van der Waals surface area contributed by atoms with Gasteiger partial charge in [0.2, 0.25) is 0 Å². The Morgan fingerprint density at radius 1 is 1.32 bits per heavy atom. The van der Waals surface area contributed by atoms with Gasteiger partial charge in [0, 0.05) is 22.4 Å². The molecule has 0 radical (unpaired) electrons. The molecule has 0 spiro atoms. The van der Waals surface area contributed by atoms with Gasteiger partial charge in [0.15, 0.2) is 0 Å². The zero-order valence-corrected chi connectivity index (χ0v) is 10.4. The van der Waals surface area contributed by atoms with Crippen LogP contribution in [-0.4, -0.2) is 15.9 Å². The highest BCUT2D eigenvalue weighted by atomic mass is 35.5. The molecule has 2 aromatic heterocycles. The lowest BCUT2D eigenvalue weighted by atomic mass is 10.1. The number of benzene rings is 1. The van der Waals surface area contributed by atoms with E-state index in [0.717, 1.165) is 27.4 Å². The van der Waals surface area contributed by atoms with Crippen LogP contribution in [0.1, 0.15) is 16.1 Å². The van der Waals surface area contributed by atoms with Crippen LogP contribution in [0.2, 0.25) is 5.15 Å². The molecule has 5 nitrogen and oxygen atoms in total. The molecule has 19 heavy (non-hydrogen) atoms. The van der Waals surface area contributed by atoms with Gasteiger partial charge in [-0.05, 0) is 6.07 Å². The first-order valence-electron chi connectivity index (χ1n) is 5.75. The van der Waals surface area contributed by atoms with Gasteiger partial charge in [-0.3, -0.25) is 9.63 Å². The minimum absolute atomic E-state index is 0.230. The van der Waals surface area contributed by atoms with Gasteiger partial charge in [0.05, 0.1) is 16.8 Å². The molecule has 1 aliphatic heterocycles. The van der Waals surface area contributed by atoms with Crippen molar-refractivity contribution < 1.29 is 9.63 Å². The summed E-state index contributed by atoms with van der Waals surface area (Å²) in [7, 11) is 0. The van der Waals surface area contributed by atoms with Crippen molar-refractivity contribution in [3.05, 3.63) is 40.8 Å². The minimum Gasteiger partial charge on any atom is -0.355 e. The van der Waals surface area contributed by atoms with Crippen LogP contribution in [0.15, 0.2) is 24.4 Å². The Labute approximate surface area is 112 Å². The van der Waals surface area contributed by atoms with Gasteiger partial charge in [-0.15, -0.1) is 0 Å². The molecule has 94 valence electrons. The van der Waals surface area contributed by atoms with E-state index in [9.17, 15) is 4.79 Å². The fraction of sp³-hybridized carbons (Fsp3) is 0.0769. The van der Waals surface area contributed by atoms with E-state index in [-0.39, 0.29) is 5.91 Å². The number of aromatic amines is 1. The molecule has 0 bridgehead atoms. The Kier molecular flexibility index (Phi) is 2.09. The van der Waals surface area contributed by atoms with Crippen molar-refractivity contribution in [3.63, 3.8) is 0 Å². The molecule has 3 aromatic rings. The van der Waals surface area contributed by atoms with Crippen molar-refractivity contribution in [3.8, 4) is 0 Å². The Balaban J connectivity index is 2.17. The Bertz CT molecular complexity index is 841. The monoisotopic (exact) mass is 273 g/mol. The number of amides is 1. The lowest BCUT2D eigenvalue weighted by Gasteiger charge is -2.11. The summed E-state index contributed by atoms with van der Waals surface area (Å²) in [6.07, 6.45) is 1.72. The number of hydrogen-bond acceptors (Lipinski definition) is 3. The molecular weight excluding hydrogens is 266 g/mol. The van der Waals surface area contributed by atoms with Crippen LogP contribution >= 0.6 is 11.6 Å². The van der Waals surface area contributed by atoms with Gasteiger partial charge in [0.25, 0.3) is 5.91 Å². The topological polar surface area (TPSA) is 67.0 Å². The highest BCUT2D eigenvalue weighted by Crippen LogP contribution is 2.31. The second kappa shape index (κ2) is 3.69. The second-order valence-corrected chi connectivity index (χ2v) is 4.80. The molecule has 0 unspecified atom stereocenters. The number of halogens is 1. The third kappa shape index (κ3) is 1.46. The normalized spacial score (nSPS) is 14.7. The van der Waals surface area contributed by atoms with Crippen LogP contribution in [0.3, 0.4) is 0 Å². The van der Waals surface area contributed by atoms with Crippen LogP contribution in [0.25, 0.3) is 21.7 Å². The quantitative estimate of drug-likeness (QED) is 0.619. The molecule has 1 amide bonds. The van der Waals surface area contributed by atoms with Crippen LogP contribution in [0.5, 0.6) is 0 Å². The average Bonchev–Trinajstić information content (AvgIpc) is 2.79.